The van der Waals surface area contributed by atoms with Crippen LogP contribution in [0.1, 0.15) is 17.3 Å². The summed E-state index contributed by atoms with van der Waals surface area (Å²) in [7, 11) is -0.884. The third-order valence-corrected chi connectivity index (χ3v) is 4.45. The Hall–Kier alpha value is -3.38. The van der Waals surface area contributed by atoms with Crippen LogP contribution >= 0.6 is 23.2 Å². The molecular weight excluding hydrogens is 500 g/mol. The summed E-state index contributed by atoms with van der Waals surface area (Å²) >= 11 is 11.3. The normalized spacial score (nSPS) is 12.5. The number of amides is 1. The van der Waals surface area contributed by atoms with Gasteiger partial charge in [-0.15, -0.1) is 0 Å². The monoisotopic (exact) mass is 510 g/mol. The molecule has 0 aliphatic carbocycles. The molecular formula is C19H10Cl2F5N3O4. The fourth-order valence-corrected chi connectivity index (χ4v) is 2.90. The molecule has 1 aromatic heterocycles. The molecule has 33 heavy (non-hydrogen) atoms. The van der Waals surface area contributed by atoms with Crippen molar-refractivity contribution in [2.75, 3.05) is 7.09 Å². The molecule has 2 aromatic carbocycles. The Morgan fingerprint density at radius 2 is 1.97 bits per heavy atom. The Morgan fingerprint density at radius 1 is 1.24 bits per heavy atom. The van der Waals surface area contributed by atoms with Crippen LogP contribution in [0.2, 0.25) is 10.0 Å². The minimum Gasteiger partial charge on any atom is -0.490 e. The van der Waals surface area contributed by atoms with Crippen molar-refractivity contribution in [3.05, 3.63) is 75.1 Å². The van der Waals surface area contributed by atoms with Crippen LogP contribution in [-0.4, -0.2) is 27.9 Å². The molecule has 7 nitrogen and oxygen atoms in total. The largest absolute Gasteiger partial charge is 0.490 e. The molecule has 0 saturated carbocycles. The number of ether oxygens (including phenoxy) is 2. The fraction of sp³-hybridized carbons (Fsp3) is 0.105. The number of nitrogens with zero attached hydrogens (tertiary/aromatic N) is 3. The van der Waals surface area contributed by atoms with Gasteiger partial charge in [0, 0.05) is 0 Å². The first kappa shape index (κ1) is 22.8. The van der Waals surface area contributed by atoms with Crippen molar-refractivity contribution in [1.29, 1.82) is 0 Å². The van der Waals surface area contributed by atoms with Gasteiger partial charge in [-0.25, -0.2) is 9.37 Å². The molecule has 0 atom stereocenters. The smallest absolute Gasteiger partial charge is 0.417 e. The van der Waals surface area contributed by atoms with Gasteiger partial charge in [-0.3, -0.25) is 4.79 Å². The number of methoxy groups -OCH3 is 1. The third kappa shape index (κ3) is 5.17. The Morgan fingerprint density at radius 3 is 2.61 bits per heavy atom. The van der Waals surface area contributed by atoms with Crippen LogP contribution in [0.3, 0.4) is 0 Å². The van der Waals surface area contributed by atoms with E-state index < -0.39 is 69.8 Å². The van der Waals surface area contributed by atoms with E-state index in [1.165, 1.54) is 0 Å². The van der Waals surface area contributed by atoms with Crippen molar-refractivity contribution in [3.63, 3.8) is 0 Å². The van der Waals surface area contributed by atoms with E-state index in [0.29, 0.717) is 18.2 Å². The molecule has 0 aliphatic rings. The molecule has 174 valence electrons. The van der Waals surface area contributed by atoms with Gasteiger partial charge in [-0.05, 0) is 24.3 Å². The average Bonchev–Trinajstić information content (AvgIpc) is 2.75. The standard InChI is InChI=1S/C19H10Cl2F5N3O4/c1-32-16-13(3-2-12(22)15(16)23)33-14-5-10(19(24,25)26)11(21)4-9(14)17(30)28-18-27-6-8(20)7-29(18)31/h2-7,31H,1H3/i1D. The summed E-state index contributed by atoms with van der Waals surface area (Å²) < 4.78 is 85.1. The lowest BCUT2D eigenvalue weighted by Gasteiger charge is -2.16. The fourth-order valence-electron chi connectivity index (χ4n) is 2.49. The number of carbonyl (C=O) groups excluding carboxylic acids is 1. The van der Waals surface area contributed by atoms with E-state index in [9.17, 15) is 32.0 Å². The van der Waals surface area contributed by atoms with E-state index in [1.54, 1.807) is 0 Å². The summed E-state index contributed by atoms with van der Waals surface area (Å²) in [5, 5.41) is 8.84. The van der Waals surface area contributed by atoms with Gasteiger partial charge in [0.05, 0.1) is 42.0 Å². The van der Waals surface area contributed by atoms with E-state index >= 15 is 0 Å². The molecule has 0 spiro atoms. The van der Waals surface area contributed by atoms with Gasteiger partial charge in [0.15, 0.2) is 11.6 Å². The Labute approximate surface area is 192 Å². The van der Waals surface area contributed by atoms with Gasteiger partial charge in [-0.2, -0.15) is 27.3 Å². The molecule has 0 unspecified atom stereocenters. The van der Waals surface area contributed by atoms with E-state index in [-0.39, 0.29) is 9.75 Å². The van der Waals surface area contributed by atoms with Crippen molar-refractivity contribution >= 4 is 29.1 Å². The summed E-state index contributed by atoms with van der Waals surface area (Å²) in [6.45, 7) is 0. The van der Waals surface area contributed by atoms with E-state index in [0.717, 1.165) is 18.5 Å². The molecule has 3 rings (SSSR count). The second-order valence-corrected chi connectivity index (χ2v) is 6.94. The van der Waals surface area contributed by atoms with Crippen molar-refractivity contribution in [3.8, 4) is 17.2 Å². The van der Waals surface area contributed by atoms with Gasteiger partial charge in [-0.1, -0.05) is 23.2 Å². The van der Waals surface area contributed by atoms with Crippen molar-refractivity contribution in [1.82, 2.24) is 9.71 Å². The lowest BCUT2D eigenvalue weighted by atomic mass is 10.1. The molecule has 0 radical (unpaired) electrons. The number of benzene rings is 2. The van der Waals surface area contributed by atoms with Gasteiger partial charge in [0.25, 0.3) is 11.5 Å². The van der Waals surface area contributed by atoms with Gasteiger partial charge in [0.1, 0.15) is 5.75 Å². The topological polar surface area (TPSA) is 85.9 Å². The van der Waals surface area contributed by atoms with Crippen LogP contribution in [0.15, 0.2) is 41.7 Å². The number of aromatic nitrogens is 2. The second kappa shape index (κ2) is 9.24. The predicted molar refractivity (Wildman–Crippen MR) is 104 cm³/mol. The minimum absolute atomic E-state index is 0.0178. The molecule has 0 saturated heterocycles. The van der Waals surface area contributed by atoms with E-state index in [1.807, 2.05) is 0 Å². The van der Waals surface area contributed by atoms with Gasteiger partial charge >= 0.3 is 6.18 Å². The summed E-state index contributed by atoms with van der Waals surface area (Å²) in [6, 6.07) is 2.35. The molecule has 1 amide bonds. The van der Waals surface area contributed by atoms with Crippen LogP contribution in [0.4, 0.5) is 22.0 Å². The maximum atomic E-state index is 14.1. The van der Waals surface area contributed by atoms with Crippen LogP contribution < -0.4 is 15.1 Å². The zero-order valence-corrected chi connectivity index (χ0v) is 17.3. The number of hydrogen-bond acceptors (Lipinski definition) is 5. The molecule has 3 aromatic rings. The summed E-state index contributed by atoms with van der Waals surface area (Å²) in [6.07, 6.45) is -3.01. The minimum atomic E-state index is -4.98. The van der Waals surface area contributed by atoms with Crippen molar-refractivity contribution < 1.29 is 42.8 Å². The molecule has 0 fully saturated rings. The highest BCUT2D eigenvalue weighted by Gasteiger charge is 2.35. The van der Waals surface area contributed by atoms with E-state index in [4.69, 9.17) is 29.3 Å². The molecule has 1 heterocycles. The molecule has 1 N–H and O–H groups in total. The first-order chi connectivity index (χ1) is 15.9. The Bertz CT molecular complexity index is 1330. The Kier molecular flexibility index (Phi) is 6.38. The highest BCUT2D eigenvalue weighted by molar-refractivity contribution is 6.32. The lowest BCUT2D eigenvalue weighted by Crippen LogP contribution is -2.23. The molecule has 0 bridgehead atoms. The third-order valence-electron chi connectivity index (χ3n) is 3.94. The zero-order chi connectivity index (χ0) is 25.2. The van der Waals surface area contributed by atoms with Gasteiger partial charge < -0.3 is 14.7 Å². The summed E-state index contributed by atoms with van der Waals surface area (Å²) in [4.78, 5) is 19.8. The quantitative estimate of drug-likeness (QED) is 0.382. The second-order valence-electron chi connectivity index (χ2n) is 6.09. The van der Waals surface area contributed by atoms with Gasteiger partial charge in [0.2, 0.25) is 11.6 Å². The number of alkyl halides is 3. The Balaban J connectivity index is 2.20. The maximum absolute atomic E-state index is 14.1. The van der Waals surface area contributed by atoms with Crippen LogP contribution in [-0.2, 0) is 6.18 Å². The molecule has 14 heteroatoms. The van der Waals surface area contributed by atoms with Crippen LogP contribution in [0.5, 0.6) is 17.2 Å². The number of hydrogen-bond donors (Lipinski definition) is 1. The van der Waals surface area contributed by atoms with Crippen LogP contribution in [0, 0.1) is 11.6 Å². The maximum Gasteiger partial charge on any atom is 0.417 e. The van der Waals surface area contributed by atoms with Crippen molar-refractivity contribution in [2.45, 2.75) is 6.18 Å². The number of rotatable bonds is 4. The predicted octanol–water partition coefficient (Wildman–Crippen LogP) is 5.27. The average molecular weight is 511 g/mol. The molecule has 0 aliphatic heterocycles. The zero-order valence-electron chi connectivity index (χ0n) is 16.8. The summed E-state index contributed by atoms with van der Waals surface area (Å²) in [5.41, 5.74) is -2.66. The SMILES string of the molecule is [2H]COc1c(Oc2cc(C(F)(F)F)c(Cl)cc2C(=O)N=c2ncc(Cl)cn2O)ccc(F)c1F. The first-order valence-corrected chi connectivity index (χ1v) is 9.19. The lowest BCUT2D eigenvalue weighted by molar-refractivity contribution is -0.137. The van der Waals surface area contributed by atoms with E-state index in [2.05, 4.69) is 14.7 Å². The number of carbonyl (C=O) groups is 1. The number of halogens is 7. The highest BCUT2D eigenvalue weighted by atomic mass is 35.5. The highest BCUT2D eigenvalue weighted by Crippen LogP contribution is 2.42. The van der Waals surface area contributed by atoms with Crippen molar-refractivity contribution in [2.24, 2.45) is 4.99 Å². The van der Waals surface area contributed by atoms with Crippen LogP contribution in [0.25, 0.3) is 0 Å². The first-order valence-electron chi connectivity index (χ1n) is 9.14. The summed E-state index contributed by atoms with van der Waals surface area (Å²) in [5.74, 6) is -6.59.